The number of nitrogens with one attached hydrogen (secondary N) is 4. The Labute approximate surface area is 788 Å². The van der Waals surface area contributed by atoms with Crippen LogP contribution in [-0.2, 0) is 64.6 Å². The topological polar surface area (TPSA) is 323 Å². The van der Waals surface area contributed by atoms with Crippen LogP contribution >= 0.6 is 0 Å². The normalized spacial score (nSPS) is 17.6. The Bertz CT molecular complexity index is 6210. The van der Waals surface area contributed by atoms with Crippen molar-refractivity contribution in [1.82, 2.24) is 41.2 Å². The van der Waals surface area contributed by atoms with E-state index >= 15 is 0 Å². The molecule has 28 heteroatoms. The zero-order chi connectivity index (χ0) is 97.0. The van der Waals surface area contributed by atoms with Gasteiger partial charge in [0.05, 0.1) is 56.9 Å². The van der Waals surface area contributed by atoms with Crippen molar-refractivity contribution in [1.29, 1.82) is 0 Å². The Morgan fingerprint density at radius 3 is 1.10 bits per heavy atom. The van der Waals surface area contributed by atoms with E-state index in [1.54, 1.807) is 116 Å². The Hall–Kier alpha value is -15.0. The Morgan fingerprint density at radius 2 is 0.699 bits per heavy atom. The molecule has 4 amide bonds. The van der Waals surface area contributed by atoms with Crippen LogP contribution in [0.5, 0.6) is 69.0 Å². The number of fused-ring (bicyclic) bond motifs is 4. The number of rotatable bonds is 31. The van der Waals surface area contributed by atoms with Crippen LogP contribution in [0.25, 0.3) is 17.2 Å². The number of carbonyl (C=O) groups is 4. The van der Waals surface area contributed by atoms with Crippen LogP contribution in [0.3, 0.4) is 0 Å². The van der Waals surface area contributed by atoms with Crippen molar-refractivity contribution in [2.45, 2.75) is 134 Å². The van der Waals surface area contributed by atoms with Gasteiger partial charge in [-0.2, -0.15) is 0 Å². The lowest BCUT2D eigenvalue weighted by molar-refractivity contribution is -0.122. The second-order valence-corrected chi connectivity index (χ2v) is 34.1. The van der Waals surface area contributed by atoms with Gasteiger partial charge in [0.15, 0.2) is 57.6 Å². The predicted octanol–water partition coefficient (Wildman–Crippen LogP) is 19.1. The summed E-state index contributed by atoms with van der Waals surface area (Å²) in [6.45, 7) is 9.84. The molecule has 24 nitrogen and oxygen atoms in total. The summed E-state index contributed by atoms with van der Waals surface area (Å²) >= 11 is 0. The quantitative estimate of drug-likeness (QED) is 0.0187. The molecule has 4 aliphatic rings. The number of allylic oxidation sites excluding steroid dienone is 3. The largest absolute Gasteiger partial charge is 0.502 e. The number of halogens is 4. The number of methoxy groups -OCH3 is 8. The highest BCUT2D eigenvalue weighted by molar-refractivity contribution is 5.90. The number of nitrogens with zero attached hydrogens (tertiary/aromatic N) is 4. The fourth-order valence-electron chi connectivity index (χ4n) is 18.8. The van der Waals surface area contributed by atoms with Crippen LogP contribution in [-0.4, -0.2) is 121 Å². The van der Waals surface area contributed by atoms with Crippen LogP contribution in [0.15, 0.2) is 225 Å². The third kappa shape index (κ3) is 23.4. The summed E-state index contributed by atoms with van der Waals surface area (Å²) in [5.74, 6) is -0.970. The molecule has 12 aromatic rings. The van der Waals surface area contributed by atoms with Crippen LogP contribution in [0.2, 0.25) is 0 Å². The Balaban J connectivity index is 0.000000153. The number of aromatic nitrogens is 4. The molecule has 4 heterocycles. The summed E-state index contributed by atoms with van der Waals surface area (Å²) in [7, 11) is 11.9. The second-order valence-electron chi connectivity index (χ2n) is 34.1. The minimum Gasteiger partial charge on any atom is -0.502 e. The van der Waals surface area contributed by atoms with Gasteiger partial charge in [0.1, 0.15) is 11.6 Å². The molecule has 9 unspecified atom stereocenters. The number of phenols is 4. The molecule has 0 bridgehead atoms. The van der Waals surface area contributed by atoms with Gasteiger partial charge in [-0.05, 0) is 283 Å². The SMILES string of the molecule is COc1cc(/C=C2\c3ccccc3C(CC(=O)NCc3cccnc3)C2C)cc(OC)c1O.COc1cc(CC2=C(C)C(CC(=O)NCc3cccnc3)c3cc(F)ccc32)cc(OC)c1O.COc1cc(CC2c3cc(F)c(F)cc3C(CC(=O)NCc3cccnc3)C2C)cc(OC)c1O.COc1cc(CC2c3ccc(F)cc3C(CC(=O)NCc3cccnc3)C2C)cc(OC)c1O. The number of carbonyl (C=O) groups excluding carboxylic acids is 4. The van der Waals surface area contributed by atoms with Crippen LogP contribution in [0.4, 0.5) is 17.6 Å². The lowest BCUT2D eigenvalue weighted by Gasteiger charge is -2.22. The number of hydrogen-bond donors (Lipinski definition) is 8. The number of benzene rings is 8. The highest BCUT2D eigenvalue weighted by Gasteiger charge is 2.43. The van der Waals surface area contributed by atoms with Crippen molar-refractivity contribution in [3.8, 4) is 69.0 Å². The average molecular weight is 1850 g/mol. The zero-order valence-electron chi connectivity index (χ0n) is 77.8. The van der Waals surface area contributed by atoms with E-state index in [1.165, 1.54) is 92.8 Å². The van der Waals surface area contributed by atoms with Gasteiger partial charge in [-0.25, -0.2) is 17.6 Å². The highest BCUT2D eigenvalue weighted by atomic mass is 19.2. The lowest BCUT2D eigenvalue weighted by atomic mass is 9.83. The molecule has 0 saturated carbocycles. The summed E-state index contributed by atoms with van der Waals surface area (Å²) in [5.41, 5.74) is 17.7. The van der Waals surface area contributed by atoms with Crippen molar-refractivity contribution in [2.24, 2.45) is 17.8 Å². The highest BCUT2D eigenvalue weighted by Crippen LogP contribution is 2.55. The molecule has 0 fully saturated rings. The van der Waals surface area contributed by atoms with E-state index in [-0.39, 0.29) is 142 Å². The maximum atomic E-state index is 14.3. The molecule has 8 aromatic carbocycles. The molecular weight excluding hydrogens is 1740 g/mol. The summed E-state index contributed by atoms with van der Waals surface area (Å²) in [6, 6.07) is 49.3. The first-order valence-electron chi connectivity index (χ1n) is 44.6. The molecule has 0 radical (unpaired) electrons. The van der Waals surface area contributed by atoms with E-state index < -0.39 is 11.6 Å². The minimum absolute atomic E-state index is 0.0136. The standard InChI is InChI=1S/C27H28F2N2O4.C27H29FN2O4.C27H27FN2O4.C27H28N2O4/c1-15-18(7-17-8-24(34-2)27(33)25(9-17)35-3)20-10-22(28)23(29)11-21(20)19(15)12-26(32)31-14-16-5-4-6-30-13-16;2*1-16-21(9-18-10-24(33-2)27(32)25(11-18)34-3)20-7-6-19(28)12-23(20)22(16)13-26(31)30-15-17-5-4-8-29-14-17;1-17-22(11-19-12-24(32-2)27(31)25(13-19)33-3)20-8-4-5-9-21(20)23(17)14-26(30)29-16-18-7-6-10-28-15-18/h4-6,8-11,13,15,18-19,33H,7,12,14H2,1-3H3,(H,31,32);4-8,10-12,14,16,21-22,32H,9,13,15H2,1-3H3,(H,30,31);4-8,10-12,14,22,32H,9,13,15H2,1-3H3,(H,30,31);4-13,15,17,23,31H,14,16H2,1-3H3,(H,29,30)/b;;;22-11-. The zero-order valence-corrected chi connectivity index (χ0v) is 77.8. The number of aromatic hydroxyl groups is 4. The van der Waals surface area contributed by atoms with E-state index in [0.717, 1.165) is 89.0 Å². The van der Waals surface area contributed by atoms with Gasteiger partial charge in [0, 0.05) is 107 Å². The number of phenolic OH excluding ortho intramolecular Hbond substituents is 4. The second kappa shape index (κ2) is 45.6. The van der Waals surface area contributed by atoms with Crippen molar-refractivity contribution in [2.75, 3.05) is 56.9 Å². The van der Waals surface area contributed by atoms with E-state index in [9.17, 15) is 57.2 Å². The number of amides is 4. The molecule has 136 heavy (non-hydrogen) atoms. The van der Waals surface area contributed by atoms with Gasteiger partial charge in [-0.15, -0.1) is 0 Å². The van der Waals surface area contributed by atoms with Crippen molar-refractivity contribution >= 4 is 40.9 Å². The summed E-state index contributed by atoms with van der Waals surface area (Å²) < 4.78 is 99.2. The average Bonchev–Trinajstić information content (AvgIpc) is 1.64. The van der Waals surface area contributed by atoms with Gasteiger partial charge >= 0.3 is 0 Å². The number of pyridine rings is 4. The first-order chi connectivity index (χ1) is 65.6. The van der Waals surface area contributed by atoms with E-state index in [0.29, 0.717) is 97.5 Å². The molecule has 9 atom stereocenters. The molecule has 0 saturated heterocycles. The lowest BCUT2D eigenvalue weighted by Crippen LogP contribution is -2.26. The smallest absolute Gasteiger partial charge is 0.221 e. The Morgan fingerprint density at radius 1 is 0.353 bits per heavy atom. The van der Waals surface area contributed by atoms with Gasteiger partial charge in [0.25, 0.3) is 0 Å². The maximum absolute atomic E-state index is 14.3. The summed E-state index contributed by atoms with van der Waals surface area (Å²) in [4.78, 5) is 67.4. The van der Waals surface area contributed by atoms with E-state index in [4.69, 9.17) is 37.9 Å². The maximum Gasteiger partial charge on any atom is 0.221 e. The molecule has 708 valence electrons. The van der Waals surface area contributed by atoms with Crippen molar-refractivity contribution in [3.05, 3.63) is 337 Å². The van der Waals surface area contributed by atoms with Crippen molar-refractivity contribution in [3.63, 3.8) is 0 Å². The molecule has 4 aromatic heterocycles. The van der Waals surface area contributed by atoms with Crippen molar-refractivity contribution < 1.29 is 95.1 Å². The van der Waals surface area contributed by atoms with Crippen LogP contribution < -0.4 is 59.2 Å². The summed E-state index contributed by atoms with van der Waals surface area (Å²) in [6.07, 6.45) is 18.4. The fraction of sp³-hybridized carbons (Fsp3) is 0.296. The molecule has 16 rings (SSSR count). The van der Waals surface area contributed by atoms with Crippen LogP contribution in [0.1, 0.15) is 178 Å². The number of hydrogen-bond acceptors (Lipinski definition) is 20. The van der Waals surface area contributed by atoms with Gasteiger partial charge < -0.3 is 79.6 Å². The third-order valence-corrected chi connectivity index (χ3v) is 26.0. The van der Waals surface area contributed by atoms with Gasteiger partial charge in [0.2, 0.25) is 46.6 Å². The molecule has 8 N–H and O–H groups in total. The number of ether oxygens (including phenoxy) is 8. The van der Waals surface area contributed by atoms with E-state index in [2.05, 4.69) is 73.3 Å². The first kappa shape index (κ1) is 98.5. The minimum atomic E-state index is -0.926. The molecule has 0 aliphatic heterocycles. The Kier molecular flexibility index (Phi) is 33.1. The third-order valence-electron chi connectivity index (χ3n) is 26.0. The van der Waals surface area contributed by atoms with Crippen LogP contribution in [0, 0.1) is 41.0 Å². The van der Waals surface area contributed by atoms with Gasteiger partial charge in [-0.1, -0.05) is 93.1 Å². The predicted molar refractivity (Wildman–Crippen MR) is 509 cm³/mol. The monoisotopic (exact) mass is 1850 g/mol. The molecule has 4 aliphatic carbocycles. The molecular formula is C108H112F4N8O16. The fourth-order valence-corrected chi connectivity index (χ4v) is 18.8. The summed E-state index contributed by atoms with van der Waals surface area (Å²) in [5, 5.41) is 52.8. The molecule has 0 spiro atoms. The first-order valence-corrected chi connectivity index (χ1v) is 44.6. The van der Waals surface area contributed by atoms with E-state index in [1.807, 2.05) is 74.5 Å². The van der Waals surface area contributed by atoms with Gasteiger partial charge in [-0.3, -0.25) is 39.1 Å².